The minimum absolute atomic E-state index is 0.101. The van der Waals surface area contributed by atoms with Crippen LogP contribution in [0, 0.1) is 0 Å². The van der Waals surface area contributed by atoms with Crippen LogP contribution in [0.15, 0.2) is 0 Å². The molecular weight excluding hydrogens is 318 g/mol. The Balaban J connectivity index is 2.99. The van der Waals surface area contributed by atoms with Gasteiger partial charge in [-0.25, -0.2) is 0 Å². The van der Waals surface area contributed by atoms with Gasteiger partial charge in [0.15, 0.2) is 0 Å². The zero-order valence-electron chi connectivity index (χ0n) is 13.3. The maximum Gasteiger partial charge on any atom is 0.145 e. The quantitative estimate of drug-likeness (QED) is 0.527. The predicted molar refractivity (Wildman–Crippen MR) is 111 cm³/mol. The largest absolute Gasteiger partial charge is 0.316 e. The SMILES string of the molecule is [B]c1c([B])c([B])c(C2(N)C(=O)C([B])([B])CC([B])([B])C2([B])[B])c(Cl)c1[B]. The first-order valence-electron chi connectivity index (χ1n) is 7.03. The standard InChI is InChI=1S/C12H4B10ClNO/c13-3-2(7(23)6(16)5(15)4(3)14)11(24)8(25)9(17,18)1-10(19,20)12(11,21)22/h1,24H2. The normalized spacial score (nSPS) is 27.0. The van der Waals surface area contributed by atoms with E-state index < -0.39 is 33.4 Å². The van der Waals surface area contributed by atoms with Crippen molar-refractivity contribution in [3.05, 3.63) is 10.6 Å². The van der Waals surface area contributed by atoms with E-state index in [0.717, 1.165) is 0 Å². The van der Waals surface area contributed by atoms with Gasteiger partial charge in [0.1, 0.15) is 37.2 Å². The molecule has 2 nitrogen and oxygen atoms in total. The van der Waals surface area contributed by atoms with Crippen LogP contribution < -0.4 is 27.6 Å². The van der Waals surface area contributed by atoms with Crippen LogP contribution in [0.2, 0.25) is 20.7 Å². The molecule has 0 aliphatic heterocycles. The molecule has 100 valence electrons. The average Bonchev–Trinajstić information content (AvgIpc) is 2.47. The van der Waals surface area contributed by atoms with Gasteiger partial charge in [0, 0.05) is 5.02 Å². The van der Waals surface area contributed by atoms with Gasteiger partial charge in [0.05, 0.1) is 52.6 Å². The van der Waals surface area contributed by atoms with Crippen LogP contribution >= 0.6 is 11.6 Å². The van der Waals surface area contributed by atoms with E-state index in [-0.39, 0.29) is 32.4 Å². The maximum atomic E-state index is 13.0. The summed E-state index contributed by atoms with van der Waals surface area (Å²) in [4.78, 5) is 13.0. The van der Waals surface area contributed by atoms with Crippen LogP contribution in [0.1, 0.15) is 12.0 Å². The molecule has 20 radical (unpaired) electrons. The van der Waals surface area contributed by atoms with Crippen LogP contribution in [0.25, 0.3) is 0 Å². The number of benzene rings is 1. The van der Waals surface area contributed by atoms with Gasteiger partial charge in [0.2, 0.25) is 0 Å². The fourth-order valence-corrected chi connectivity index (χ4v) is 3.49. The van der Waals surface area contributed by atoms with Crippen LogP contribution in [0.3, 0.4) is 0 Å². The topological polar surface area (TPSA) is 43.1 Å². The second kappa shape index (κ2) is 5.89. The van der Waals surface area contributed by atoms with Crippen molar-refractivity contribution < 1.29 is 4.79 Å². The number of rotatable bonds is 1. The van der Waals surface area contributed by atoms with Gasteiger partial charge < -0.3 is 5.73 Å². The van der Waals surface area contributed by atoms with Crippen LogP contribution in [-0.2, 0) is 10.3 Å². The third-order valence-electron chi connectivity index (χ3n) is 4.78. The van der Waals surface area contributed by atoms with E-state index in [9.17, 15) is 4.79 Å². The first-order chi connectivity index (χ1) is 11.0. The lowest BCUT2D eigenvalue weighted by Gasteiger charge is -2.63. The van der Waals surface area contributed by atoms with Gasteiger partial charge in [-0.15, -0.1) is 16.1 Å². The van der Waals surface area contributed by atoms with Crippen molar-refractivity contribution in [2.24, 2.45) is 5.73 Å². The first kappa shape index (κ1) is 21.1. The number of hydrogen-bond donors (Lipinski definition) is 1. The highest BCUT2D eigenvalue weighted by atomic mass is 35.5. The molecule has 0 aromatic heterocycles. The number of hydrogen-bond acceptors (Lipinski definition) is 2. The molecule has 0 amide bonds. The molecule has 1 aromatic rings. The molecule has 1 atom stereocenters. The summed E-state index contributed by atoms with van der Waals surface area (Å²) in [5.74, 6) is -0.992. The number of ketones is 1. The Bertz CT molecular complexity index is 751. The lowest BCUT2D eigenvalue weighted by molar-refractivity contribution is -0.128. The molecule has 1 aromatic carbocycles. The van der Waals surface area contributed by atoms with Crippen LogP contribution in [-0.4, -0.2) is 84.2 Å². The molecule has 1 unspecified atom stereocenters. The smallest absolute Gasteiger partial charge is 0.145 e. The van der Waals surface area contributed by atoms with Crippen molar-refractivity contribution in [1.29, 1.82) is 0 Å². The van der Waals surface area contributed by atoms with E-state index in [0.29, 0.717) is 0 Å². The van der Waals surface area contributed by atoms with E-state index in [1.54, 1.807) is 0 Å². The van der Waals surface area contributed by atoms with Crippen molar-refractivity contribution in [2.75, 3.05) is 0 Å². The molecule has 0 saturated heterocycles. The molecule has 1 saturated carbocycles. The Morgan fingerprint density at radius 2 is 1.28 bits per heavy atom. The molecule has 13 heteroatoms. The Kier molecular flexibility index (Phi) is 4.97. The molecule has 0 bridgehead atoms. The third kappa shape index (κ3) is 2.61. The first-order valence-corrected chi connectivity index (χ1v) is 7.40. The Morgan fingerprint density at radius 3 is 1.76 bits per heavy atom. The molecule has 25 heavy (non-hydrogen) atoms. The van der Waals surface area contributed by atoms with Gasteiger partial charge in [-0.2, -0.15) is 0 Å². The highest BCUT2D eigenvalue weighted by Crippen LogP contribution is 2.64. The number of halogens is 1. The van der Waals surface area contributed by atoms with Crippen molar-refractivity contribution in [3.8, 4) is 0 Å². The van der Waals surface area contributed by atoms with E-state index in [1.165, 1.54) is 0 Å². The molecular formula is C12H4B10ClNO. The number of carbonyl (C=O) groups is 1. The highest BCUT2D eigenvalue weighted by molar-refractivity contribution is 6.67. The summed E-state index contributed by atoms with van der Waals surface area (Å²) in [6.07, 6.45) is -0.456. The minimum Gasteiger partial charge on any atom is -0.316 e. The van der Waals surface area contributed by atoms with Crippen molar-refractivity contribution in [2.45, 2.75) is 27.6 Å². The molecule has 0 heterocycles. The Labute approximate surface area is 166 Å². The van der Waals surface area contributed by atoms with Crippen LogP contribution in [0.5, 0.6) is 0 Å². The van der Waals surface area contributed by atoms with Gasteiger partial charge in [-0.1, -0.05) is 34.2 Å². The summed E-state index contributed by atoms with van der Waals surface area (Å²) in [5, 5.41) is -6.60. The molecule has 2 rings (SSSR count). The summed E-state index contributed by atoms with van der Waals surface area (Å²) in [7, 11) is 59.2. The summed E-state index contributed by atoms with van der Waals surface area (Å²) in [6.45, 7) is 0. The molecule has 2 N–H and O–H groups in total. The molecule has 0 spiro atoms. The average molecular weight is 322 g/mol. The van der Waals surface area contributed by atoms with Gasteiger partial charge in [0.25, 0.3) is 0 Å². The zero-order chi connectivity index (χ0) is 19.7. The van der Waals surface area contributed by atoms with Crippen LogP contribution in [0.4, 0.5) is 0 Å². The predicted octanol–water partition coefficient (Wildman–Crippen LogP) is -5.00. The van der Waals surface area contributed by atoms with Gasteiger partial charge >= 0.3 is 0 Å². The summed E-state index contributed by atoms with van der Waals surface area (Å²) < 4.78 is 0. The Morgan fingerprint density at radius 1 is 0.840 bits per heavy atom. The summed E-state index contributed by atoms with van der Waals surface area (Å²) >= 11 is 6.23. The summed E-state index contributed by atoms with van der Waals surface area (Å²) in [5.41, 5.74) is 2.89. The van der Waals surface area contributed by atoms with Gasteiger partial charge in [-0.3, -0.25) is 4.79 Å². The third-order valence-corrected chi connectivity index (χ3v) is 5.17. The molecule has 1 aliphatic carbocycles. The highest BCUT2D eigenvalue weighted by Gasteiger charge is 2.62. The number of carbonyl (C=O) groups excluding carboxylic acids is 1. The van der Waals surface area contributed by atoms with Crippen molar-refractivity contribution >= 4 is 118 Å². The minimum atomic E-state index is -2.41. The second-order valence-electron chi connectivity index (χ2n) is 6.61. The monoisotopic (exact) mass is 323 g/mol. The van der Waals surface area contributed by atoms with Crippen molar-refractivity contribution in [1.82, 2.24) is 0 Å². The lowest BCUT2D eigenvalue weighted by atomic mass is 9.17. The maximum absolute atomic E-state index is 13.0. The van der Waals surface area contributed by atoms with Gasteiger partial charge in [-0.05, 0) is 10.8 Å². The van der Waals surface area contributed by atoms with E-state index in [4.69, 9.17) is 95.8 Å². The zero-order valence-corrected chi connectivity index (χ0v) is 14.1. The lowest BCUT2D eigenvalue weighted by Crippen LogP contribution is -2.69. The fraction of sp³-hybridized carbons (Fsp3) is 0.417. The van der Waals surface area contributed by atoms with E-state index in [1.807, 2.05) is 0 Å². The molecule has 1 fully saturated rings. The number of nitrogens with two attached hydrogens (primary N) is 1. The molecule has 1 aliphatic rings. The summed E-state index contributed by atoms with van der Waals surface area (Å²) in [6, 6.07) is 0. The van der Waals surface area contributed by atoms with Crippen molar-refractivity contribution in [3.63, 3.8) is 0 Å². The fourth-order valence-electron chi connectivity index (χ4n) is 3.13. The van der Waals surface area contributed by atoms with E-state index in [2.05, 4.69) is 0 Å². The van der Waals surface area contributed by atoms with E-state index >= 15 is 0 Å². The second-order valence-corrected chi connectivity index (χ2v) is 6.99. The number of Topliss-reactive ketones (excluding diaryl/α,β-unsaturated/α-hetero) is 1. The Hall–Kier alpha value is -0.211.